The molecule has 6 nitrogen and oxygen atoms in total. The van der Waals surface area contributed by atoms with Crippen LogP contribution < -0.4 is 10.6 Å². The summed E-state index contributed by atoms with van der Waals surface area (Å²) in [5.74, 6) is -1.07. The van der Waals surface area contributed by atoms with Crippen LogP contribution in [-0.2, 0) is 15.0 Å². The van der Waals surface area contributed by atoms with Crippen molar-refractivity contribution >= 4 is 17.8 Å². The summed E-state index contributed by atoms with van der Waals surface area (Å²) in [6, 6.07) is 8.20. The number of carbonyl (C=O) groups is 3. The number of nitrogens with one attached hydrogen (secondary N) is 2. The standard InChI is InChI=1S/C16H19N3O3/c20-13-16(12-6-2-1-3-7-12,14(21)18-15(22)17-13)8-11-19-9-4-5-10-19/h1-3,6-7H,4-5,8-11H2,(H2,17,18,20,21,22). The van der Waals surface area contributed by atoms with E-state index in [1.165, 1.54) is 0 Å². The van der Waals surface area contributed by atoms with Crippen LogP contribution in [0, 0.1) is 0 Å². The van der Waals surface area contributed by atoms with Gasteiger partial charge in [0, 0.05) is 0 Å². The molecule has 2 fully saturated rings. The highest BCUT2D eigenvalue weighted by molar-refractivity contribution is 6.22. The van der Waals surface area contributed by atoms with Crippen LogP contribution in [-0.4, -0.2) is 42.4 Å². The molecule has 2 saturated heterocycles. The number of carbonyl (C=O) groups excluding carboxylic acids is 3. The maximum atomic E-state index is 12.5. The molecule has 2 N–H and O–H groups in total. The first-order chi connectivity index (χ1) is 10.6. The number of urea groups is 1. The number of hydrogen-bond donors (Lipinski definition) is 2. The van der Waals surface area contributed by atoms with Gasteiger partial charge in [-0.15, -0.1) is 0 Å². The molecule has 22 heavy (non-hydrogen) atoms. The minimum atomic E-state index is -1.34. The van der Waals surface area contributed by atoms with Crippen LogP contribution >= 0.6 is 0 Å². The van der Waals surface area contributed by atoms with Gasteiger partial charge in [-0.2, -0.15) is 0 Å². The second-order valence-electron chi connectivity index (χ2n) is 5.81. The molecule has 0 atom stereocenters. The summed E-state index contributed by atoms with van der Waals surface area (Å²) in [7, 11) is 0. The maximum Gasteiger partial charge on any atom is 0.328 e. The van der Waals surface area contributed by atoms with Crippen LogP contribution in [0.4, 0.5) is 4.79 Å². The average Bonchev–Trinajstić information content (AvgIpc) is 3.01. The Morgan fingerprint density at radius 1 is 0.955 bits per heavy atom. The van der Waals surface area contributed by atoms with Crippen molar-refractivity contribution in [2.24, 2.45) is 0 Å². The van der Waals surface area contributed by atoms with Crippen molar-refractivity contribution in [3.8, 4) is 0 Å². The topological polar surface area (TPSA) is 78.5 Å². The molecule has 0 bridgehead atoms. The van der Waals surface area contributed by atoms with Crippen molar-refractivity contribution in [1.82, 2.24) is 15.5 Å². The quantitative estimate of drug-likeness (QED) is 0.806. The van der Waals surface area contributed by atoms with Gasteiger partial charge in [0.15, 0.2) is 5.41 Å². The van der Waals surface area contributed by atoms with Gasteiger partial charge < -0.3 is 4.90 Å². The molecule has 2 aliphatic rings. The molecule has 2 aliphatic heterocycles. The first-order valence-corrected chi connectivity index (χ1v) is 7.58. The Bertz CT molecular complexity index is 574. The highest BCUT2D eigenvalue weighted by Gasteiger charge is 2.51. The van der Waals surface area contributed by atoms with Crippen molar-refractivity contribution in [2.45, 2.75) is 24.7 Å². The van der Waals surface area contributed by atoms with Gasteiger partial charge >= 0.3 is 6.03 Å². The first-order valence-electron chi connectivity index (χ1n) is 7.58. The Kier molecular flexibility index (Phi) is 3.94. The molecule has 0 saturated carbocycles. The van der Waals surface area contributed by atoms with Crippen LogP contribution in [0.15, 0.2) is 30.3 Å². The second kappa shape index (κ2) is 5.88. The number of barbiturate groups is 1. The molecular weight excluding hydrogens is 282 g/mol. The molecule has 1 aromatic rings. The van der Waals surface area contributed by atoms with Crippen LogP contribution in [0.1, 0.15) is 24.8 Å². The third kappa shape index (κ3) is 2.50. The van der Waals surface area contributed by atoms with Crippen molar-refractivity contribution < 1.29 is 14.4 Å². The molecule has 3 rings (SSSR count). The lowest BCUT2D eigenvalue weighted by molar-refractivity contribution is -0.139. The zero-order valence-electron chi connectivity index (χ0n) is 12.3. The number of hydrogen-bond acceptors (Lipinski definition) is 4. The van der Waals surface area contributed by atoms with Crippen molar-refractivity contribution in [3.63, 3.8) is 0 Å². The van der Waals surface area contributed by atoms with Crippen molar-refractivity contribution in [2.75, 3.05) is 19.6 Å². The predicted molar refractivity (Wildman–Crippen MR) is 80.1 cm³/mol. The summed E-state index contributed by atoms with van der Waals surface area (Å²) < 4.78 is 0. The monoisotopic (exact) mass is 301 g/mol. The molecule has 116 valence electrons. The van der Waals surface area contributed by atoms with Gasteiger partial charge in [0.05, 0.1) is 0 Å². The lowest BCUT2D eigenvalue weighted by Crippen LogP contribution is -2.65. The number of imide groups is 2. The fourth-order valence-corrected chi connectivity index (χ4v) is 3.24. The number of amides is 4. The van der Waals surface area contributed by atoms with Gasteiger partial charge in [0.1, 0.15) is 0 Å². The van der Waals surface area contributed by atoms with E-state index >= 15 is 0 Å². The largest absolute Gasteiger partial charge is 0.328 e. The highest BCUT2D eigenvalue weighted by atomic mass is 16.2. The summed E-state index contributed by atoms with van der Waals surface area (Å²) in [5, 5.41) is 4.49. The van der Waals surface area contributed by atoms with E-state index in [-0.39, 0.29) is 0 Å². The van der Waals surface area contributed by atoms with Gasteiger partial charge in [-0.05, 0) is 44.5 Å². The van der Waals surface area contributed by atoms with E-state index in [2.05, 4.69) is 15.5 Å². The Morgan fingerprint density at radius 2 is 1.55 bits per heavy atom. The van der Waals surface area contributed by atoms with Crippen molar-refractivity contribution in [1.29, 1.82) is 0 Å². The molecule has 4 amide bonds. The minimum Gasteiger partial charge on any atom is -0.303 e. The zero-order valence-corrected chi connectivity index (χ0v) is 12.3. The summed E-state index contributed by atoms with van der Waals surface area (Å²) >= 11 is 0. The van der Waals surface area contributed by atoms with Gasteiger partial charge in [-0.3, -0.25) is 20.2 Å². The average molecular weight is 301 g/mol. The Hall–Kier alpha value is -2.21. The van der Waals surface area contributed by atoms with Gasteiger partial charge in [0.25, 0.3) is 0 Å². The summed E-state index contributed by atoms with van der Waals surface area (Å²) in [6.45, 7) is 2.64. The fourth-order valence-electron chi connectivity index (χ4n) is 3.24. The third-order valence-electron chi connectivity index (χ3n) is 4.50. The molecule has 0 aliphatic carbocycles. The predicted octanol–water partition coefficient (Wildman–Crippen LogP) is 0.776. The van der Waals surface area contributed by atoms with E-state index in [0.717, 1.165) is 25.9 Å². The first kappa shape index (κ1) is 14.7. The van der Waals surface area contributed by atoms with Crippen molar-refractivity contribution in [3.05, 3.63) is 35.9 Å². The number of likely N-dealkylation sites (tertiary alicyclic amines) is 1. The molecule has 0 aromatic heterocycles. The molecular formula is C16H19N3O3. The Balaban J connectivity index is 1.92. The van der Waals surface area contributed by atoms with E-state index in [9.17, 15) is 14.4 Å². The van der Waals surface area contributed by atoms with Gasteiger partial charge in [-0.1, -0.05) is 30.3 Å². The molecule has 1 aromatic carbocycles. The van der Waals surface area contributed by atoms with E-state index in [0.29, 0.717) is 18.5 Å². The molecule has 0 spiro atoms. The lowest BCUT2D eigenvalue weighted by Gasteiger charge is -2.35. The maximum absolute atomic E-state index is 12.5. The van der Waals surface area contributed by atoms with E-state index in [1.807, 2.05) is 6.07 Å². The second-order valence-corrected chi connectivity index (χ2v) is 5.81. The lowest BCUT2D eigenvalue weighted by atomic mass is 9.74. The smallest absolute Gasteiger partial charge is 0.303 e. The third-order valence-corrected chi connectivity index (χ3v) is 4.50. The normalized spacial score (nSPS) is 21.5. The van der Waals surface area contributed by atoms with E-state index in [4.69, 9.17) is 0 Å². The summed E-state index contributed by atoms with van der Waals surface area (Å²) in [4.78, 5) is 38.7. The molecule has 2 heterocycles. The number of benzene rings is 1. The minimum absolute atomic E-state index is 0.363. The van der Waals surface area contributed by atoms with Crippen LogP contribution in [0.25, 0.3) is 0 Å². The SMILES string of the molecule is O=C1NC(=O)C(CCN2CCCC2)(c2ccccc2)C(=O)N1. The summed E-state index contributed by atoms with van der Waals surface area (Å²) in [6.07, 6.45) is 2.66. The Labute approximate surface area is 128 Å². The number of nitrogens with zero attached hydrogens (tertiary/aromatic N) is 1. The number of rotatable bonds is 4. The van der Waals surface area contributed by atoms with Gasteiger partial charge in [0.2, 0.25) is 11.8 Å². The highest BCUT2D eigenvalue weighted by Crippen LogP contribution is 2.31. The van der Waals surface area contributed by atoms with E-state index in [1.54, 1.807) is 24.3 Å². The molecule has 0 radical (unpaired) electrons. The molecule has 6 heteroatoms. The van der Waals surface area contributed by atoms with Crippen LogP contribution in [0.5, 0.6) is 0 Å². The van der Waals surface area contributed by atoms with E-state index < -0.39 is 23.3 Å². The summed E-state index contributed by atoms with van der Waals surface area (Å²) in [5.41, 5.74) is -0.714. The fraction of sp³-hybridized carbons (Fsp3) is 0.438. The zero-order chi connectivity index (χ0) is 15.6. The molecule has 0 unspecified atom stereocenters. The van der Waals surface area contributed by atoms with Crippen LogP contribution in [0.2, 0.25) is 0 Å². The Morgan fingerprint density at radius 3 is 2.14 bits per heavy atom. The van der Waals surface area contributed by atoms with Gasteiger partial charge in [-0.25, -0.2) is 4.79 Å². The van der Waals surface area contributed by atoms with Crippen LogP contribution in [0.3, 0.4) is 0 Å².